The van der Waals surface area contributed by atoms with Gasteiger partial charge in [-0.2, -0.15) is 5.10 Å². The van der Waals surface area contributed by atoms with Gasteiger partial charge in [0.15, 0.2) is 0 Å². The molecule has 0 bridgehead atoms. The highest BCUT2D eigenvalue weighted by molar-refractivity contribution is 5.75. The summed E-state index contributed by atoms with van der Waals surface area (Å²) in [7, 11) is 0. The van der Waals surface area contributed by atoms with Crippen LogP contribution in [0.1, 0.15) is 54.6 Å². The minimum atomic E-state index is 0.00722. The second kappa shape index (κ2) is 6.45. The lowest BCUT2D eigenvalue weighted by Gasteiger charge is -2.25. The van der Waals surface area contributed by atoms with Gasteiger partial charge in [-0.05, 0) is 52.5 Å². The van der Waals surface area contributed by atoms with Gasteiger partial charge in [-0.15, -0.1) is 0 Å². The summed E-state index contributed by atoms with van der Waals surface area (Å²) in [6.45, 7) is 8.33. The van der Waals surface area contributed by atoms with E-state index in [9.17, 15) is 4.79 Å². The standard InChI is InChI=1S/C19H27N5O2/c1-13-9-14(2)24(21-13)12-19(6-7-19)11-20-18(25)23-8-4-5-17(23)16-10-15(3)26-22-16/h9-10,17H,4-8,11-12H2,1-3H3,(H,20,25). The van der Waals surface area contributed by atoms with E-state index in [0.717, 1.165) is 55.9 Å². The zero-order valence-electron chi connectivity index (χ0n) is 15.8. The predicted molar refractivity (Wildman–Crippen MR) is 96.7 cm³/mol. The van der Waals surface area contributed by atoms with Crippen LogP contribution in [0.3, 0.4) is 0 Å². The number of nitrogens with zero attached hydrogens (tertiary/aromatic N) is 4. The van der Waals surface area contributed by atoms with Crippen LogP contribution in [0.15, 0.2) is 16.7 Å². The molecule has 1 aliphatic carbocycles. The molecule has 1 aliphatic heterocycles. The maximum atomic E-state index is 12.8. The number of rotatable bonds is 5. The average molecular weight is 357 g/mol. The molecule has 2 amide bonds. The number of aryl methyl sites for hydroxylation is 3. The predicted octanol–water partition coefficient (Wildman–Crippen LogP) is 3.12. The molecule has 1 N–H and O–H groups in total. The molecule has 2 aromatic heterocycles. The first-order chi connectivity index (χ1) is 12.5. The van der Waals surface area contributed by atoms with Gasteiger partial charge in [-0.1, -0.05) is 5.16 Å². The molecule has 4 rings (SSSR count). The van der Waals surface area contributed by atoms with Gasteiger partial charge in [0.25, 0.3) is 0 Å². The number of amides is 2. The number of carbonyl (C=O) groups is 1. The highest BCUT2D eigenvalue weighted by atomic mass is 16.5. The van der Waals surface area contributed by atoms with Gasteiger partial charge >= 0.3 is 6.03 Å². The topological polar surface area (TPSA) is 76.2 Å². The number of hydrogen-bond donors (Lipinski definition) is 1. The SMILES string of the molecule is Cc1cc(C)n(CC2(CNC(=O)N3CCCC3c3cc(C)on3)CC2)n1. The third-order valence-corrected chi connectivity index (χ3v) is 5.66. The van der Waals surface area contributed by atoms with Crippen LogP contribution in [0, 0.1) is 26.2 Å². The molecule has 0 aromatic carbocycles. The van der Waals surface area contributed by atoms with Crippen LogP contribution in [-0.4, -0.2) is 39.0 Å². The van der Waals surface area contributed by atoms with E-state index < -0.39 is 0 Å². The Morgan fingerprint density at radius 1 is 1.35 bits per heavy atom. The van der Waals surface area contributed by atoms with Gasteiger partial charge in [0.05, 0.1) is 11.7 Å². The molecule has 0 radical (unpaired) electrons. The van der Waals surface area contributed by atoms with E-state index in [1.54, 1.807) is 0 Å². The normalized spacial score (nSPS) is 21.2. The van der Waals surface area contributed by atoms with Gasteiger partial charge in [-0.25, -0.2) is 4.79 Å². The van der Waals surface area contributed by atoms with Crippen molar-refractivity contribution in [1.82, 2.24) is 25.2 Å². The summed E-state index contributed by atoms with van der Waals surface area (Å²) in [5.41, 5.74) is 3.24. The maximum absolute atomic E-state index is 12.8. The van der Waals surface area contributed by atoms with E-state index >= 15 is 0 Å². The largest absolute Gasteiger partial charge is 0.361 e. The van der Waals surface area contributed by atoms with E-state index in [0.29, 0.717) is 6.54 Å². The Hall–Kier alpha value is -2.31. The molecule has 1 atom stereocenters. The molecule has 26 heavy (non-hydrogen) atoms. The second-order valence-corrected chi connectivity index (χ2v) is 7.96. The third kappa shape index (κ3) is 3.34. The maximum Gasteiger partial charge on any atom is 0.317 e. The summed E-state index contributed by atoms with van der Waals surface area (Å²) < 4.78 is 7.27. The smallest absolute Gasteiger partial charge is 0.317 e. The van der Waals surface area contributed by atoms with Gasteiger partial charge in [0.1, 0.15) is 11.5 Å². The van der Waals surface area contributed by atoms with Crippen molar-refractivity contribution >= 4 is 6.03 Å². The molecule has 0 spiro atoms. The number of aromatic nitrogens is 3. The van der Waals surface area contributed by atoms with E-state index in [-0.39, 0.29) is 17.5 Å². The lowest BCUT2D eigenvalue weighted by atomic mass is 10.1. The van der Waals surface area contributed by atoms with E-state index in [4.69, 9.17) is 4.52 Å². The highest BCUT2D eigenvalue weighted by Gasteiger charge is 2.44. The number of likely N-dealkylation sites (tertiary alicyclic amines) is 1. The fourth-order valence-electron chi connectivity index (χ4n) is 3.94. The van der Waals surface area contributed by atoms with Crippen molar-refractivity contribution < 1.29 is 9.32 Å². The Labute approximate surface area is 153 Å². The van der Waals surface area contributed by atoms with Gasteiger partial charge in [0, 0.05) is 36.8 Å². The van der Waals surface area contributed by atoms with Crippen molar-refractivity contribution in [3.63, 3.8) is 0 Å². The van der Waals surface area contributed by atoms with Crippen LogP contribution in [0.25, 0.3) is 0 Å². The van der Waals surface area contributed by atoms with E-state index in [1.807, 2.05) is 24.8 Å². The summed E-state index contributed by atoms with van der Waals surface area (Å²) >= 11 is 0. The fraction of sp³-hybridized carbons (Fsp3) is 0.632. The Morgan fingerprint density at radius 3 is 2.77 bits per heavy atom. The Morgan fingerprint density at radius 2 is 2.15 bits per heavy atom. The van der Waals surface area contributed by atoms with Gasteiger partial charge in [-0.3, -0.25) is 4.68 Å². The highest BCUT2D eigenvalue weighted by Crippen LogP contribution is 2.46. The zero-order chi connectivity index (χ0) is 18.3. The molecule has 2 aromatic rings. The Balaban J connectivity index is 1.37. The van der Waals surface area contributed by atoms with Crippen LogP contribution < -0.4 is 5.32 Å². The molecule has 140 valence electrons. The Bertz CT molecular complexity index is 805. The first kappa shape index (κ1) is 17.1. The first-order valence-electron chi connectivity index (χ1n) is 9.45. The fourth-order valence-corrected chi connectivity index (χ4v) is 3.94. The van der Waals surface area contributed by atoms with Crippen molar-refractivity contribution in [2.24, 2.45) is 5.41 Å². The summed E-state index contributed by atoms with van der Waals surface area (Å²) in [4.78, 5) is 14.7. The van der Waals surface area contributed by atoms with E-state index in [2.05, 4.69) is 33.2 Å². The monoisotopic (exact) mass is 357 g/mol. The van der Waals surface area contributed by atoms with Crippen molar-refractivity contribution in [3.05, 3.63) is 35.0 Å². The van der Waals surface area contributed by atoms with Crippen molar-refractivity contribution in [3.8, 4) is 0 Å². The zero-order valence-corrected chi connectivity index (χ0v) is 15.8. The van der Waals surface area contributed by atoms with Crippen molar-refractivity contribution in [1.29, 1.82) is 0 Å². The molecule has 1 unspecified atom stereocenters. The molecule has 7 heteroatoms. The molecule has 1 saturated carbocycles. The van der Waals surface area contributed by atoms with E-state index in [1.165, 1.54) is 5.69 Å². The molecular weight excluding hydrogens is 330 g/mol. The van der Waals surface area contributed by atoms with Crippen LogP contribution in [-0.2, 0) is 6.54 Å². The number of nitrogens with one attached hydrogen (secondary N) is 1. The van der Waals surface area contributed by atoms with Crippen LogP contribution in [0.5, 0.6) is 0 Å². The van der Waals surface area contributed by atoms with Crippen molar-refractivity contribution in [2.45, 2.75) is 59.0 Å². The lowest BCUT2D eigenvalue weighted by Crippen LogP contribution is -2.42. The second-order valence-electron chi connectivity index (χ2n) is 7.96. The third-order valence-electron chi connectivity index (χ3n) is 5.66. The van der Waals surface area contributed by atoms with Crippen LogP contribution >= 0.6 is 0 Å². The number of carbonyl (C=O) groups excluding carboxylic acids is 1. The Kier molecular flexibility index (Phi) is 4.25. The minimum Gasteiger partial charge on any atom is -0.361 e. The summed E-state index contributed by atoms with van der Waals surface area (Å²) in [5.74, 6) is 0.786. The van der Waals surface area contributed by atoms with Crippen LogP contribution in [0.2, 0.25) is 0 Å². The first-order valence-corrected chi connectivity index (χ1v) is 9.45. The summed E-state index contributed by atoms with van der Waals surface area (Å²) in [5, 5.41) is 11.8. The van der Waals surface area contributed by atoms with Gasteiger partial charge in [0.2, 0.25) is 0 Å². The summed E-state index contributed by atoms with van der Waals surface area (Å²) in [6.07, 6.45) is 4.21. The summed E-state index contributed by atoms with van der Waals surface area (Å²) in [6, 6.07) is 4.07. The minimum absolute atomic E-state index is 0.00722. The molecule has 7 nitrogen and oxygen atoms in total. The molecule has 3 heterocycles. The van der Waals surface area contributed by atoms with Crippen LogP contribution in [0.4, 0.5) is 4.79 Å². The number of hydrogen-bond acceptors (Lipinski definition) is 4. The van der Waals surface area contributed by atoms with Crippen molar-refractivity contribution in [2.75, 3.05) is 13.1 Å². The van der Waals surface area contributed by atoms with Gasteiger partial charge < -0.3 is 14.7 Å². The number of urea groups is 1. The molecule has 2 aliphatic rings. The average Bonchev–Trinajstić information content (AvgIpc) is 2.92. The molecule has 2 fully saturated rings. The molecule has 1 saturated heterocycles. The quantitative estimate of drug-likeness (QED) is 0.892. The molecular formula is C19H27N5O2. The lowest BCUT2D eigenvalue weighted by molar-refractivity contribution is 0.187.